The first-order valence-electron chi connectivity index (χ1n) is 7.60. The van der Waals surface area contributed by atoms with E-state index in [0.717, 1.165) is 16.3 Å². The second-order valence-electron chi connectivity index (χ2n) is 5.16. The van der Waals surface area contributed by atoms with Crippen molar-refractivity contribution >= 4 is 34.7 Å². The smallest absolute Gasteiger partial charge is 0.275 e. The third kappa shape index (κ3) is 4.29. The zero-order chi connectivity index (χ0) is 17.6. The highest BCUT2D eigenvalue weighted by atomic mass is 32.2. The number of carbonyl (C=O) groups excluding carboxylic acids is 1. The van der Waals surface area contributed by atoms with Gasteiger partial charge in [-0.05, 0) is 31.2 Å². The molecule has 0 spiro atoms. The second-order valence-corrected chi connectivity index (χ2v) is 7.15. The molecule has 0 aliphatic carbocycles. The molecule has 3 rings (SSSR count). The number of thiazole rings is 1. The molecule has 0 radical (unpaired) electrons. The van der Waals surface area contributed by atoms with Gasteiger partial charge in [-0.2, -0.15) is 5.26 Å². The number of hydrogen-bond acceptors (Lipinski definition) is 6. The molecular weight excluding hydrogens is 354 g/mol. The van der Waals surface area contributed by atoms with E-state index in [9.17, 15) is 4.79 Å². The lowest BCUT2D eigenvalue weighted by molar-refractivity contribution is 0.102. The molecule has 2 heterocycles. The van der Waals surface area contributed by atoms with Crippen molar-refractivity contribution in [2.45, 2.75) is 18.2 Å². The molecule has 0 aliphatic rings. The number of amides is 1. The van der Waals surface area contributed by atoms with Crippen LogP contribution >= 0.6 is 23.1 Å². The van der Waals surface area contributed by atoms with Gasteiger partial charge in [-0.15, -0.1) is 23.1 Å². The van der Waals surface area contributed by atoms with Crippen molar-refractivity contribution in [1.29, 1.82) is 5.26 Å². The Morgan fingerprint density at radius 2 is 2.20 bits per heavy atom. The maximum absolute atomic E-state index is 12.5. The Kier molecular flexibility index (Phi) is 5.53. The van der Waals surface area contributed by atoms with Gasteiger partial charge in [-0.3, -0.25) is 4.79 Å². The predicted molar refractivity (Wildman–Crippen MR) is 99.9 cm³/mol. The topological polar surface area (TPSA) is 78.9 Å². The largest absolute Gasteiger partial charge is 0.459 e. The molecule has 25 heavy (non-hydrogen) atoms. The lowest BCUT2D eigenvalue weighted by Gasteiger charge is -2.09. The summed E-state index contributed by atoms with van der Waals surface area (Å²) in [5, 5.41) is 13.9. The molecule has 0 atom stereocenters. The van der Waals surface area contributed by atoms with Crippen LogP contribution in [0, 0.1) is 18.3 Å². The highest BCUT2D eigenvalue weighted by Gasteiger charge is 2.15. The van der Waals surface area contributed by atoms with Crippen LogP contribution in [0.4, 0.5) is 5.69 Å². The molecule has 7 heteroatoms. The third-order valence-corrected chi connectivity index (χ3v) is 5.23. The van der Waals surface area contributed by atoms with Gasteiger partial charge in [-0.25, -0.2) is 4.98 Å². The Morgan fingerprint density at radius 1 is 1.36 bits per heavy atom. The van der Waals surface area contributed by atoms with E-state index in [-0.39, 0.29) is 5.91 Å². The summed E-state index contributed by atoms with van der Waals surface area (Å²) in [6.45, 7) is 1.87. The molecule has 126 valence electrons. The number of benzene rings is 1. The minimum atomic E-state index is -0.265. The molecule has 1 N–H and O–H groups in total. The first kappa shape index (κ1) is 17.3. The van der Waals surface area contributed by atoms with E-state index in [1.807, 2.05) is 43.3 Å². The van der Waals surface area contributed by atoms with Gasteiger partial charge in [0.25, 0.3) is 5.91 Å². The van der Waals surface area contributed by atoms with Gasteiger partial charge in [-0.1, -0.05) is 12.1 Å². The van der Waals surface area contributed by atoms with Crippen LogP contribution in [0.5, 0.6) is 0 Å². The fraction of sp³-hybridized carbons (Fsp3) is 0.167. The van der Waals surface area contributed by atoms with Gasteiger partial charge < -0.3 is 9.73 Å². The highest BCUT2D eigenvalue weighted by Crippen LogP contribution is 2.29. The van der Waals surface area contributed by atoms with E-state index >= 15 is 0 Å². The number of nitriles is 1. The number of hydrogen-bond donors (Lipinski definition) is 1. The summed E-state index contributed by atoms with van der Waals surface area (Å²) >= 11 is 2.91. The van der Waals surface area contributed by atoms with Crippen LogP contribution in [0.1, 0.15) is 22.7 Å². The standard InChI is InChI=1S/C18H15N3O2S2/c1-12-7-8-15(23-12)18-21-14(11-25-18)17(22)20-13-5-2-3-6-16(13)24-10-4-9-19/h2-3,5-8,11H,4,10H2,1H3,(H,20,22). The maximum atomic E-state index is 12.5. The number of rotatable bonds is 6. The monoisotopic (exact) mass is 369 g/mol. The van der Waals surface area contributed by atoms with E-state index in [4.69, 9.17) is 9.68 Å². The number of aryl methyl sites for hydroxylation is 1. The Morgan fingerprint density at radius 3 is 2.96 bits per heavy atom. The van der Waals surface area contributed by atoms with Crippen LogP contribution in [0.15, 0.2) is 51.1 Å². The van der Waals surface area contributed by atoms with Gasteiger partial charge >= 0.3 is 0 Å². The summed E-state index contributed by atoms with van der Waals surface area (Å²) in [4.78, 5) is 17.8. The van der Waals surface area contributed by atoms with Crippen molar-refractivity contribution in [1.82, 2.24) is 4.98 Å². The maximum Gasteiger partial charge on any atom is 0.275 e. The number of carbonyl (C=O) groups is 1. The molecule has 2 aromatic heterocycles. The van der Waals surface area contributed by atoms with Gasteiger partial charge in [0.15, 0.2) is 10.8 Å². The van der Waals surface area contributed by atoms with Crippen LogP contribution in [0.25, 0.3) is 10.8 Å². The number of anilines is 1. The summed E-state index contributed by atoms with van der Waals surface area (Å²) in [6.07, 6.45) is 0.463. The zero-order valence-corrected chi connectivity index (χ0v) is 15.1. The fourth-order valence-electron chi connectivity index (χ4n) is 2.13. The average molecular weight is 369 g/mol. The van der Waals surface area contributed by atoms with Crippen LogP contribution < -0.4 is 5.32 Å². The Balaban J connectivity index is 1.73. The molecular formula is C18H15N3O2S2. The third-order valence-electron chi connectivity index (χ3n) is 3.29. The molecule has 3 aromatic rings. The summed E-state index contributed by atoms with van der Waals surface area (Å²) in [5.74, 6) is 1.88. The first-order chi connectivity index (χ1) is 12.2. The molecule has 5 nitrogen and oxygen atoms in total. The molecule has 1 aromatic carbocycles. The minimum absolute atomic E-state index is 0.265. The number of nitrogens with zero attached hydrogens (tertiary/aromatic N) is 2. The normalized spacial score (nSPS) is 10.4. The second kappa shape index (κ2) is 8.01. The number of aromatic nitrogens is 1. The fourth-order valence-corrected chi connectivity index (χ4v) is 3.75. The summed E-state index contributed by atoms with van der Waals surface area (Å²) in [5.41, 5.74) is 1.07. The summed E-state index contributed by atoms with van der Waals surface area (Å²) in [6, 6.07) is 13.4. The molecule has 0 saturated carbocycles. The van der Waals surface area contributed by atoms with Gasteiger partial charge in [0, 0.05) is 22.4 Å². The SMILES string of the molecule is Cc1ccc(-c2nc(C(=O)Nc3ccccc3SCCC#N)cs2)o1. The minimum Gasteiger partial charge on any atom is -0.459 e. The van der Waals surface area contributed by atoms with Crippen molar-refractivity contribution in [3.63, 3.8) is 0 Å². The molecule has 1 amide bonds. The molecule has 0 saturated heterocycles. The summed E-state index contributed by atoms with van der Waals surface area (Å²) in [7, 11) is 0. The quantitative estimate of drug-likeness (QED) is 0.490. The van der Waals surface area contributed by atoms with Gasteiger partial charge in [0.1, 0.15) is 11.5 Å². The van der Waals surface area contributed by atoms with Gasteiger partial charge in [0.2, 0.25) is 0 Å². The Hall–Kier alpha value is -2.56. The van der Waals surface area contributed by atoms with Crippen LogP contribution in [0.3, 0.4) is 0 Å². The molecule has 0 fully saturated rings. The number of nitrogens with one attached hydrogen (secondary N) is 1. The highest BCUT2D eigenvalue weighted by molar-refractivity contribution is 7.99. The van der Waals surface area contributed by atoms with E-state index in [1.165, 1.54) is 11.3 Å². The van der Waals surface area contributed by atoms with Crippen LogP contribution in [0.2, 0.25) is 0 Å². The lowest BCUT2D eigenvalue weighted by Crippen LogP contribution is -2.12. The first-order valence-corrected chi connectivity index (χ1v) is 9.46. The number of para-hydroxylation sites is 1. The summed E-state index contributed by atoms with van der Waals surface area (Å²) < 4.78 is 5.54. The van der Waals surface area contributed by atoms with Crippen molar-refractivity contribution < 1.29 is 9.21 Å². The average Bonchev–Trinajstić information content (AvgIpc) is 3.25. The Labute approximate surface area is 153 Å². The lowest BCUT2D eigenvalue weighted by atomic mass is 10.3. The number of furan rings is 1. The van der Waals surface area contributed by atoms with Crippen molar-refractivity contribution in [3.05, 3.63) is 53.2 Å². The van der Waals surface area contributed by atoms with Crippen LogP contribution in [-0.4, -0.2) is 16.6 Å². The van der Waals surface area contributed by atoms with E-state index in [1.54, 1.807) is 17.1 Å². The predicted octanol–water partition coefficient (Wildman–Crippen LogP) is 4.97. The zero-order valence-electron chi connectivity index (χ0n) is 13.5. The molecule has 0 bridgehead atoms. The molecule has 0 unspecified atom stereocenters. The van der Waals surface area contributed by atoms with Gasteiger partial charge in [0.05, 0.1) is 11.8 Å². The van der Waals surface area contributed by atoms with E-state index in [0.29, 0.717) is 28.6 Å². The van der Waals surface area contributed by atoms with Crippen molar-refractivity contribution in [2.24, 2.45) is 0 Å². The van der Waals surface area contributed by atoms with Crippen molar-refractivity contribution in [3.8, 4) is 16.8 Å². The molecule has 0 aliphatic heterocycles. The Bertz CT molecular complexity index is 924. The van der Waals surface area contributed by atoms with Crippen LogP contribution in [-0.2, 0) is 0 Å². The van der Waals surface area contributed by atoms with Crippen molar-refractivity contribution in [2.75, 3.05) is 11.1 Å². The van der Waals surface area contributed by atoms with E-state index in [2.05, 4.69) is 16.4 Å². The number of thioether (sulfide) groups is 1. The van der Waals surface area contributed by atoms with E-state index < -0.39 is 0 Å².